The molecular weight excluding hydrogens is 198 g/mol. The Kier molecular flexibility index (Phi) is 11.3. The van der Waals surface area contributed by atoms with Crippen LogP contribution in [0.2, 0.25) is 0 Å². The summed E-state index contributed by atoms with van der Waals surface area (Å²) >= 11 is 0. The lowest BCUT2D eigenvalue weighted by atomic mass is 10.4. The van der Waals surface area contributed by atoms with Crippen molar-refractivity contribution >= 4 is 0 Å². The van der Waals surface area contributed by atoms with E-state index in [0.717, 1.165) is 26.2 Å². The maximum atomic E-state index is 3.52. The molecule has 0 saturated heterocycles. The number of nitrogens with one attached hydrogen (secondary N) is 1. The van der Waals surface area contributed by atoms with Crippen LogP contribution in [-0.4, -0.2) is 62.2 Å². The largest absolute Gasteiger partial charge is 0.314 e. The third kappa shape index (κ3) is 8.08. The van der Waals surface area contributed by atoms with Crippen LogP contribution in [0.5, 0.6) is 0 Å². The molecule has 0 aromatic carbocycles. The number of likely N-dealkylation sites (N-methyl/N-ethyl adjacent to an activating group) is 2. The second-order valence-corrected chi connectivity index (χ2v) is 4.21. The average molecular weight is 229 g/mol. The van der Waals surface area contributed by atoms with Crippen molar-refractivity contribution in [3.63, 3.8) is 0 Å². The summed E-state index contributed by atoms with van der Waals surface area (Å²) in [5.41, 5.74) is 0. The average Bonchev–Trinajstić information content (AvgIpc) is 2.32. The van der Waals surface area contributed by atoms with Gasteiger partial charge in [-0.2, -0.15) is 0 Å². The minimum atomic E-state index is 1.12. The smallest absolute Gasteiger partial charge is 0.0107 e. The summed E-state index contributed by atoms with van der Waals surface area (Å²) in [6, 6.07) is 0. The Morgan fingerprint density at radius 3 is 1.62 bits per heavy atom. The third-order valence-corrected chi connectivity index (χ3v) is 3.09. The summed E-state index contributed by atoms with van der Waals surface area (Å²) in [6.07, 6.45) is 1.26. The van der Waals surface area contributed by atoms with Crippen molar-refractivity contribution in [3.05, 3.63) is 0 Å². The molecule has 0 fully saturated rings. The number of hydrogen-bond donors (Lipinski definition) is 1. The molecule has 0 rings (SSSR count). The SMILES string of the molecule is CCCN(CC)CCNCCN(CC)CC. The molecule has 0 spiro atoms. The molecule has 0 atom stereocenters. The molecule has 1 N–H and O–H groups in total. The maximum Gasteiger partial charge on any atom is 0.0107 e. The Morgan fingerprint density at radius 1 is 0.688 bits per heavy atom. The Morgan fingerprint density at radius 2 is 1.19 bits per heavy atom. The van der Waals surface area contributed by atoms with Gasteiger partial charge >= 0.3 is 0 Å². The van der Waals surface area contributed by atoms with Crippen molar-refractivity contribution in [1.29, 1.82) is 0 Å². The second-order valence-electron chi connectivity index (χ2n) is 4.21. The molecule has 0 bridgehead atoms. The van der Waals surface area contributed by atoms with Gasteiger partial charge in [-0.15, -0.1) is 0 Å². The minimum Gasteiger partial charge on any atom is -0.314 e. The summed E-state index contributed by atoms with van der Waals surface area (Å²) in [4.78, 5) is 4.96. The summed E-state index contributed by atoms with van der Waals surface area (Å²) in [6.45, 7) is 18.3. The molecule has 0 saturated carbocycles. The molecule has 0 radical (unpaired) electrons. The first kappa shape index (κ1) is 15.9. The maximum absolute atomic E-state index is 3.52. The van der Waals surface area contributed by atoms with E-state index in [1.807, 2.05) is 0 Å². The quantitative estimate of drug-likeness (QED) is 0.544. The summed E-state index contributed by atoms with van der Waals surface area (Å²) in [5, 5.41) is 3.52. The number of nitrogens with zero attached hydrogens (tertiary/aromatic N) is 2. The van der Waals surface area contributed by atoms with Gasteiger partial charge in [0.15, 0.2) is 0 Å². The normalized spacial score (nSPS) is 11.6. The van der Waals surface area contributed by atoms with Crippen molar-refractivity contribution in [2.24, 2.45) is 0 Å². The van der Waals surface area contributed by atoms with Gasteiger partial charge in [0.1, 0.15) is 0 Å². The molecule has 16 heavy (non-hydrogen) atoms. The zero-order valence-electron chi connectivity index (χ0n) is 11.8. The fourth-order valence-corrected chi connectivity index (χ4v) is 1.88. The van der Waals surface area contributed by atoms with Gasteiger partial charge in [0, 0.05) is 26.2 Å². The van der Waals surface area contributed by atoms with Crippen LogP contribution in [0.1, 0.15) is 34.1 Å². The highest BCUT2D eigenvalue weighted by molar-refractivity contribution is 4.59. The standard InChI is InChI=1S/C13H31N3/c1-5-11-16(8-4)13-10-14-9-12-15(6-2)7-3/h14H,5-13H2,1-4H3. The van der Waals surface area contributed by atoms with Gasteiger partial charge < -0.3 is 15.1 Å². The predicted octanol–water partition coefficient (Wildman–Crippen LogP) is 1.65. The summed E-state index contributed by atoms with van der Waals surface area (Å²) in [7, 11) is 0. The Bertz CT molecular complexity index is 135. The lowest BCUT2D eigenvalue weighted by Crippen LogP contribution is -2.36. The number of hydrogen-bond acceptors (Lipinski definition) is 3. The van der Waals surface area contributed by atoms with Crippen LogP contribution in [0.4, 0.5) is 0 Å². The van der Waals surface area contributed by atoms with E-state index in [-0.39, 0.29) is 0 Å². The van der Waals surface area contributed by atoms with Crippen LogP contribution in [-0.2, 0) is 0 Å². The highest BCUT2D eigenvalue weighted by Gasteiger charge is 2.00. The van der Waals surface area contributed by atoms with Gasteiger partial charge in [-0.3, -0.25) is 0 Å². The van der Waals surface area contributed by atoms with Crippen molar-refractivity contribution in [1.82, 2.24) is 15.1 Å². The summed E-state index contributed by atoms with van der Waals surface area (Å²) < 4.78 is 0. The van der Waals surface area contributed by atoms with E-state index in [1.54, 1.807) is 0 Å². The predicted molar refractivity (Wildman–Crippen MR) is 73.1 cm³/mol. The molecule has 0 aromatic heterocycles. The van der Waals surface area contributed by atoms with Crippen molar-refractivity contribution in [2.45, 2.75) is 34.1 Å². The molecule has 98 valence electrons. The van der Waals surface area contributed by atoms with Gasteiger partial charge in [0.2, 0.25) is 0 Å². The van der Waals surface area contributed by atoms with E-state index in [2.05, 4.69) is 42.8 Å². The fourth-order valence-electron chi connectivity index (χ4n) is 1.88. The minimum absolute atomic E-state index is 1.12. The van der Waals surface area contributed by atoms with Crippen LogP contribution in [0.25, 0.3) is 0 Å². The zero-order valence-corrected chi connectivity index (χ0v) is 11.8. The van der Waals surface area contributed by atoms with Crippen molar-refractivity contribution in [3.8, 4) is 0 Å². The van der Waals surface area contributed by atoms with E-state index in [9.17, 15) is 0 Å². The lowest BCUT2D eigenvalue weighted by Gasteiger charge is -2.21. The van der Waals surface area contributed by atoms with E-state index in [0.29, 0.717) is 0 Å². The van der Waals surface area contributed by atoms with E-state index >= 15 is 0 Å². The van der Waals surface area contributed by atoms with Crippen molar-refractivity contribution < 1.29 is 0 Å². The van der Waals surface area contributed by atoms with E-state index in [1.165, 1.54) is 32.6 Å². The van der Waals surface area contributed by atoms with Gasteiger partial charge in [0.25, 0.3) is 0 Å². The first-order chi connectivity index (χ1) is 7.78. The van der Waals surface area contributed by atoms with Crippen molar-refractivity contribution in [2.75, 3.05) is 52.4 Å². The Balaban J connectivity index is 3.37. The summed E-state index contributed by atoms with van der Waals surface area (Å²) in [5.74, 6) is 0. The molecule has 0 amide bonds. The highest BCUT2D eigenvalue weighted by atomic mass is 15.1. The second kappa shape index (κ2) is 11.4. The Hall–Kier alpha value is -0.120. The van der Waals surface area contributed by atoms with Crippen LogP contribution in [0.3, 0.4) is 0 Å². The molecule has 0 aliphatic heterocycles. The van der Waals surface area contributed by atoms with Gasteiger partial charge in [-0.25, -0.2) is 0 Å². The molecular formula is C13H31N3. The molecule has 3 nitrogen and oxygen atoms in total. The van der Waals surface area contributed by atoms with Crippen LogP contribution >= 0.6 is 0 Å². The zero-order chi connectivity index (χ0) is 12.2. The van der Waals surface area contributed by atoms with E-state index < -0.39 is 0 Å². The van der Waals surface area contributed by atoms with Crippen LogP contribution in [0.15, 0.2) is 0 Å². The first-order valence-corrected chi connectivity index (χ1v) is 6.93. The van der Waals surface area contributed by atoms with Gasteiger partial charge in [0.05, 0.1) is 0 Å². The highest BCUT2D eigenvalue weighted by Crippen LogP contribution is 1.89. The lowest BCUT2D eigenvalue weighted by molar-refractivity contribution is 0.275. The fraction of sp³-hybridized carbons (Fsp3) is 1.00. The molecule has 3 heteroatoms. The first-order valence-electron chi connectivity index (χ1n) is 6.93. The third-order valence-electron chi connectivity index (χ3n) is 3.09. The van der Waals surface area contributed by atoms with E-state index in [4.69, 9.17) is 0 Å². The molecule has 0 heterocycles. The number of rotatable bonds is 11. The van der Waals surface area contributed by atoms with Crippen LogP contribution in [0, 0.1) is 0 Å². The molecule has 0 aliphatic rings. The van der Waals surface area contributed by atoms with Gasteiger partial charge in [-0.05, 0) is 32.6 Å². The molecule has 0 aliphatic carbocycles. The van der Waals surface area contributed by atoms with Gasteiger partial charge in [-0.1, -0.05) is 27.7 Å². The molecule has 0 unspecified atom stereocenters. The Labute approximate surface area is 102 Å². The molecule has 0 aromatic rings. The monoisotopic (exact) mass is 229 g/mol. The van der Waals surface area contributed by atoms with Crippen LogP contribution < -0.4 is 5.32 Å². The topological polar surface area (TPSA) is 18.5 Å².